The molecule has 3 aliphatic rings. The van der Waals surface area contributed by atoms with Crippen molar-refractivity contribution in [2.24, 2.45) is 15.0 Å². The van der Waals surface area contributed by atoms with Crippen LogP contribution in [-0.2, 0) is 0 Å². The van der Waals surface area contributed by atoms with E-state index < -0.39 is 0 Å². The molecule has 10 rings (SSSR count). The number of ether oxygens (including phenoxy) is 6. The summed E-state index contributed by atoms with van der Waals surface area (Å²) < 4.78 is 33.3. The fourth-order valence-corrected chi connectivity index (χ4v) is 9.38. The van der Waals surface area contributed by atoms with Crippen LogP contribution < -0.4 is 44.4 Å². The molecule has 348 valence electrons. The van der Waals surface area contributed by atoms with Crippen molar-refractivity contribution in [2.45, 2.75) is 36.3 Å². The van der Waals surface area contributed by atoms with Gasteiger partial charge in [-0.3, -0.25) is 15.0 Å². The smallest absolute Gasteiger partial charge is 0.129 e. The van der Waals surface area contributed by atoms with Gasteiger partial charge in [0.25, 0.3) is 0 Å². The summed E-state index contributed by atoms with van der Waals surface area (Å²) in [5.74, 6) is 6.93. The molecule has 0 unspecified atom stereocenters. The second-order valence-corrected chi connectivity index (χ2v) is 17.1. The molecule has 12 nitrogen and oxygen atoms in total. The Bertz CT molecular complexity index is 2660. The lowest BCUT2D eigenvalue weighted by molar-refractivity contribution is 0.414. The Hall–Kier alpha value is -8.25. The van der Waals surface area contributed by atoms with Crippen LogP contribution in [0.2, 0.25) is 0 Å². The Morgan fingerprint density at radius 3 is 0.652 bits per heavy atom. The van der Waals surface area contributed by atoms with Crippen LogP contribution >= 0.6 is 0 Å². The van der Waals surface area contributed by atoms with E-state index in [0.717, 1.165) is 102 Å². The van der Waals surface area contributed by atoms with Gasteiger partial charge in [-0.25, -0.2) is 0 Å². The highest BCUT2D eigenvalue weighted by Crippen LogP contribution is 2.42. The van der Waals surface area contributed by atoms with Crippen LogP contribution in [0, 0.1) is 0 Å². The Labute approximate surface area is 402 Å². The molecule has 3 aliphatic heterocycles. The molecular formula is C57H54N6O6. The normalized spacial score (nSPS) is 20.3. The van der Waals surface area contributed by atoms with Gasteiger partial charge in [0.05, 0.1) is 60.8 Å². The molecule has 69 heavy (non-hydrogen) atoms. The van der Waals surface area contributed by atoms with Crippen molar-refractivity contribution >= 4 is 17.5 Å². The van der Waals surface area contributed by atoms with Crippen LogP contribution in [0.3, 0.4) is 0 Å². The number of rotatable bonds is 15. The molecule has 0 aromatic heterocycles. The topological polar surface area (TPSA) is 129 Å². The first-order valence-corrected chi connectivity index (χ1v) is 22.9. The van der Waals surface area contributed by atoms with Crippen LogP contribution in [0.4, 0.5) is 0 Å². The van der Waals surface area contributed by atoms with E-state index in [-0.39, 0.29) is 36.3 Å². The minimum Gasteiger partial charge on any atom is -0.497 e. The molecule has 0 fully saturated rings. The fraction of sp³-hybridized carbons (Fsp3) is 0.211. The molecule has 0 spiro atoms. The SMILES string of the molecule is COc1ccc([C@@H]2N=C(c3cc(C4=N[C@@H](c5ccc(OC)cc5)[C@H](c5ccc(OC)cc5)N4)cc(C4=N[C@@H](c5ccc(OC)cc5)[C@H](c5ccc(OC)cc5)N4)c3)N[C@H]2c2ccc(OC)cc2)cc1. The van der Waals surface area contributed by atoms with Gasteiger partial charge in [-0.05, 0) is 124 Å². The Morgan fingerprint density at radius 1 is 0.275 bits per heavy atom. The summed E-state index contributed by atoms with van der Waals surface area (Å²) in [4.78, 5) is 16.5. The van der Waals surface area contributed by atoms with E-state index in [1.807, 2.05) is 72.8 Å². The first kappa shape index (κ1) is 44.6. The molecule has 12 heteroatoms. The molecule has 7 aromatic rings. The summed E-state index contributed by atoms with van der Waals surface area (Å²) in [5.41, 5.74) is 9.02. The monoisotopic (exact) mass is 918 g/mol. The highest BCUT2D eigenvalue weighted by atomic mass is 16.5. The zero-order valence-electron chi connectivity index (χ0n) is 39.3. The largest absolute Gasteiger partial charge is 0.497 e. The average Bonchev–Trinajstić information content (AvgIpc) is 4.20. The summed E-state index contributed by atoms with van der Waals surface area (Å²) in [6, 6.07) is 54.1. The van der Waals surface area contributed by atoms with Crippen LogP contribution in [0.25, 0.3) is 0 Å². The molecule has 0 amide bonds. The van der Waals surface area contributed by atoms with Gasteiger partial charge in [0.2, 0.25) is 0 Å². The van der Waals surface area contributed by atoms with Crippen molar-refractivity contribution in [1.29, 1.82) is 0 Å². The molecular weight excluding hydrogens is 865 g/mol. The van der Waals surface area contributed by atoms with Crippen LogP contribution in [0.15, 0.2) is 179 Å². The Morgan fingerprint density at radius 2 is 0.464 bits per heavy atom. The number of nitrogens with zero attached hydrogens (tertiary/aromatic N) is 3. The zero-order valence-corrected chi connectivity index (χ0v) is 39.3. The first-order chi connectivity index (χ1) is 33.8. The lowest BCUT2D eigenvalue weighted by atomic mass is 9.94. The lowest BCUT2D eigenvalue weighted by Gasteiger charge is -2.21. The first-order valence-electron chi connectivity index (χ1n) is 22.9. The molecule has 0 saturated heterocycles. The van der Waals surface area contributed by atoms with Gasteiger partial charge in [-0.15, -0.1) is 0 Å². The van der Waals surface area contributed by atoms with Crippen molar-refractivity contribution in [3.8, 4) is 34.5 Å². The third-order valence-electron chi connectivity index (χ3n) is 13.2. The van der Waals surface area contributed by atoms with Gasteiger partial charge in [0.15, 0.2) is 0 Å². The molecule has 0 radical (unpaired) electrons. The zero-order chi connectivity index (χ0) is 47.4. The molecule has 0 bridgehead atoms. The minimum absolute atomic E-state index is 0.187. The van der Waals surface area contributed by atoms with Crippen molar-refractivity contribution in [3.63, 3.8) is 0 Å². The Kier molecular flexibility index (Phi) is 12.6. The third-order valence-corrected chi connectivity index (χ3v) is 13.2. The number of benzene rings is 7. The van der Waals surface area contributed by atoms with Crippen molar-refractivity contribution < 1.29 is 28.4 Å². The van der Waals surface area contributed by atoms with Gasteiger partial charge in [-0.2, -0.15) is 0 Å². The second kappa shape index (κ2) is 19.5. The number of aliphatic imine (C=N–C) groups is 3. The maximum absolute atomic E-state index is 5.55. The quantitative estimate of drug-likeness (QED) is 0.0921. The van der Waals surface area contributed by atoms with Gasteiger partial charge >= 0.3 is 0 Å². The van der Waals surface area contributed by atoms with Crippen LogP contribution in [-0.4, -0.2) is 60.2 Å². The van der Waals surface area contributed by atoms with Gasteiger partial charge in [0.1, 0.15) is 70.1 Å². The van der Waals surface area contributed by atoms with E-state index in [0.29, 0.717) is 0 Å². The highest BCUT2D eigenvalue weighted by molar-refractivity contribution is 6.10. The molecule has 7 aromatic carbocycles. The predicted octanol–water partition coefficient (Wildman–Crippen LogP) is 10.2. The van der Waals surface area contributed by atoms with E-state index in [2.05, 4.69) is 107 Å². The molecule has 6 atom stereocenters. The van der Waals surface area contributed by atoms with Crippen LogP contribution in [0.1, 0.15) is 86.3 Å². The van der Waals surface area contributed by atoms with Crippen molar-refractivity contribution in [2.75, 3.05) is 42.7 Å². The Balaban J connectivity index is 1.11. The fourth-order valence-electron chi connectivity index (χ4n) is 9.38. The van der Waals surface area contributed by atoms with Gasteiger partial charge < -0.3 is 44.4 Å². The summed E-state index contributed by atoms with van der Waals surface area (Å²) >= 11 is 0. The maximum Gasteiger partial charge on any atom is 0.129 e. The number of hydrogen-bond acceptors (Lipinski definition) is 12. The van der Waals surface area contributed by atoms with E-state index in [4.69, 9.17) is 43.4 Å². The predicted molar refractivity (Wildman–Crippen MR) is 270 cm³/mol. The summed E-state index contributed by atoms with van der Waals surface area (Å²) in [7, 11) is 10.1. The van der Waals surface area contributed by atoms with Crippen LogP contribution in [0.5, 0.6) is 34.5 Å². The van der Waals surface area contributed by atoms with Gasteiger partial charge in [0, 0.05) is 16.7 Å². The lowest BCUT2D eigenvalue weighted by Crippen LogP contribution is -2.29. The number of nitrogens with one attached hydrogen (secondary N) is 3. The van der Waals surface area contributed by atoms with E-state index in [1.54, 1.807) is 42.7 Å². The molecule has 3 N–H and O–H groups in total. The summed E-state index contributed by atoms with van der Waals surface area (Å²) in [5, 5.41) is 11.6. The van der Waals surface area contributed by atoms with Crippen molar-refractivity contribution in [3.05, 3.63) is 214 Å². The average molecular weight is 919 g/mol. The number of amidine groups is 3. The van der Waals surface area contributed by atoms with Gasteiger partial charge in [-0.1, -0.05) is 72.8 Å². The summed E-state index contributed by atoms with van der Waals surface area (Å²) in [6.45, 7) is 0. The molecule has 0 aliphatic carbocycles. The van der Waals surface area contributed by atoms with E-state index >= 15 is 0 Å². The third kappa shape index (κ3) is 9.13. The van der Waals surface area contributed by atoms with E-state index in [1.165, 1.54) is 0 Å². The molecule has 3 heterocycles. The van der Waals surface area contributed by atoms with Crippen molar-refractivity contribution in [1.82, 2.24) is 16.0 Å². The van der Waals surface area contributed by atoms with E-state index in [9.17, 15) is 0 Å². The molecule has 0 saturated carbocycles. The minimum atomic E-state index is -0.256. The number of methoxy groups -OCH3 is 6. The highest BCUT2D eigenvalue weighted by Gasteiger charge is 2.37. The maximum atomic E-state index is 5.55. The second-order valence-electron chi connectivity index (χ2n) is 17.1. The number of hydrogen-bond donors (Lipinski definition) is 3. The summed E-state index contributed by atoms with van der Waals surface area (Å²) in [6.07, 6.45) is 0. The standard InChI is InChI=1S/C57H54N6O6/c1-64-43-19-7-34(8-20-43)49-50(35-9-21-44(65-2)22-10-35)59-55(58-49)40-31-41(56-60-51(36-11-23-45(66-3)24-12-36)52(61-56)37-13-25-46(67-4)26-14-37)33-42(32-40)57-62-53(38-15-27-47(68-5)28-16-38)54(63-57)39-17-29-48(69-6)30-18-39/h7-33,49-54H,1-6H3,(H,58,59)(H,60,61)(H,62,63)/t49-,50-,51-,52-,53-,54-/m0/s1.